The van der Waals surface area contributed by atoms with Crippen molar-refractivity contribution in [2.45, 2.75) is 0 Å². The molecule has 0 unspecified atom stereocenters. The summed E-state index contributed by atoms with van der Waals surface area (Å²) in [5.74, 6) is 6.23. The van der Waals surface area contributed by atoms with Crippen LogP contribution in [0.5, 0.6) is 57.5 Å². The molecule has 6 aromatic carbocycles. The fraction of sp³-hybridized carbons (Fsp3) is 0.167. The van der Waals surface area contributed by atoms with Gasteiger partial charge in [0.2, 0.25) is 0 Å². The molecule has 0 saturated carbocycles. The minimum atomic E-state index is 0.555. The van der Waals surface area contributed by atoms with E-state index in [9.17, 15) is 0 Å². The van der Waals surface area contributed by atoms with Crippen LogP contribution in [-0.4, -0.2) is 56.9 Å². The number of hydrogen-bond acceptors (Lipinski definition) is 9. The van der Waals surface area contributed by atoms with Crippen molar-refractivity contribution in [1.29, 1.82) is 0 Å². The van der Waals surface area contributed by atoms with Gasteiger partial charge in [-0.1, -0.05) is 48.5 Å². The van der Waals surface area contributed by atoms with Gasteiger partial charge in [0.05, 0.1) is 79.1 Å². The fourth-order valence-electron chi connectivity index (χ4n) is 6.67. The van der Waals surface area contributed by atoms with Gasteiger partial charge in [0.15, 0.2) is 0 Å². The maximum absolute atomic E-state index is 7.07. The highest BCUT2D eigenvalue weighted by atomic mass is 16.5. The van der Waals surface area contributed by atoms with Crippen LogP contribution >= 0.6 is 0 Å². The van der Waals surface area contributed by atoms with Gasteiger partial charge in [-0.05, 0) is 95.4 Å². The van der Waals surface area contributed by atoms with Crippen molar-refractivity contribution in [3.8, 4) is 57.5 Å². The lowest BCUT2D eigenvalue weighted by Gasteiger charge is -2.14. The molecule has 9 heteroatoms. The van der Waals surface area contributed by atoms with Crippen molar-refractivity contribution in [2.24, 2.45) is 0 Å². The molecule has 0 aromatic heterocycles. The summed E-state index contributed by atoms with van der Waals surface area (Å²) in [4.78, 5) is 0. The van der Waals surface area contributed by atoms with E-state index in [1.807, 2.05) is 133 Å². The molecular weight excluding hydrogens is 721 g/mol. The molecule has 6 rings (SSSR count). The van der Waals surface area contributed by atoms with E-state index in [1.54, 1.807) is 56.9 Å². The number of methoxy groups -OCH3 is 8. The Bertz CT molecular complexity index is 2340. The molecule has 0 atom stereocenters. The first-order valence-corrected chi connectivity index (χ1v) is 18.1. The Hall–Kier alpha value is -7.00. The molecule has 292 valence electrons. The third-order valence-corrected chi connectivity index (χ3v) is 9.46. The Balaban J connectivity index is 1.73. The van der Waals surface area contributed by atoms with E-state index in [0.717, 1.165) is 43.1 Å². The Kier molecular flexibility index (Phi) is 12.9. The van der Waals surface area contributed by atoms with Crippen LogP contribution in [0.25, 0.3) is 24.3 Å². The molecule has 0 amide bonds. The van der Waals surface area contributed by atoms with E-state index in [4.69, 9.17) is 42.6 Å². The Morgan fingerprint density at radius 3 is 0.719 bits per heavy atom. The van der Waals surface area contributed by atoms with Crippen LogP contribution in [0.15, 0.2) is 109 Å². The summed E-state index contributed by atoms with van der Waals surface area (Å²) in [6.07, 6.45) is 8.04. The van der Waals surface area contributed by atoms with Crippen LogP contribution in [-0.2, 0) is 0 Å². The van der Waals surface area contributed by atoms with Gasteiger partial charge in [-0.3, -0.25) is 0 Å². The SMILES string of the molecule is COc1cccc(OC)c1C=c1cccc(Oc2cccc(=Cc3c(OC)cccc3OC)c2=Cc2c(OC)cccc2OC)c1=Cc1c(OC)cccc1OC. The molecule has 0 aliphatic heterocycles. The zero-order valence-electron chi connectivity index (χ0n) is 33.4. The topological polar surface area (TPSA) is 83.1 Å². The van der Waals surface area contributed by atoms with E-state index in [-0.39, 0.29) is 0 Å². The molecule has 0 heterocycles. The van der Waals surface area contributed by atoms with E-state index in [0.29, 0.717) is 57.5 Å². The second kappa shape index (κ2) is 18.6. The maximum atomic E-state index is 7.07. The highest BCUT2D eigenvalue weighted by molar-refractivity contribution is 5.71. The van der Waals surface area contributed by atoms with E-state index in [2.05, 4.69) is 0 Å². The van der Waals surface area contributed by atoms with Crippen LogP contribution in [0.3, 0.4) is 0 Å². The molecule has 0 aliphatic rings. The summed E-state index contributed by atoms with van der Waals surface area (Å²) in [5.41, 5.74) is 2.99. The number of ether oxygens (including phenoxy) is 9. The Morgan fingerprint density at radius 2 is 0.474 bits per heavy atom. The lowest BCUT2D eigenvalue weighted by atomic mass is 10.1. The minimum Gasteiger partial charge on any atom is -0.496 e. The van der Waals surface area contributed by atoms with Gasteiger partial charge < -0.3 is 42.6 Å². The lowest BCUT2D eigenvalue weighted by molar-refractivity contribution is 0.392. The van der Waals surface area contributed by atoms with Crippen LogP contribution in [0.4, 0.5) is 0 Å². The highest BCUT2D eigenvalue weighted by Gasteiger charge is 2.15. The first-order valence-electron chi connectivity index (χ1n) is 18.1. The van der Waals surface area contributed by atoms with Crippen LogP contribution in [0.2, 0.25) is 0 Å². The number of benzene rings is 6. The van der Waals surface area contributed by atoms with Crippen LogP contribution < -0.4 is 63.5 Å². The van der Waals surface area contributed by atoms with Gasteiger partial charge in [0.1, 0.15) is 57.5 Å². The van der Waals surface area contributed by atoms with Crippen molar-refractivity contribution < 1.29 is 42.6 Å². The predicted octanol–water partition coefficient (Wildman–Crippen LogP) is 6.86. The lowest BCUT2D eigenvalue weighted by Crippen LogP contribution is -2.30. The van der Waals surface area contributed by atoms with Gasteiger partial charge in [-0.15, -0.1) is 0 Å². The molecular formula is C48H46O9. The van der Waals surface area contributed by atoms with Crippen molar-refractivity contribution in [1.82, 2.24) is 0 Å². The molecule has 57 heavy (non-hydrogen) atoms. The first kappa shape index (κ1) is 39.7. The van der Waals surface area contributed by atoms with Crippen molar-refractivity contribution in [2.75, 3.05) is 56.9 Å². The number of rotatable bonds is 14. The molecule has 0 aliphatic carbocycles. The van der Waals surface area contributed by atoms with Gasteiger partial charge in [-0.2, -0.15) is 0 Å². The quantitative estimate of drug-likeness (QED) is 0.118. The molecule has 0 spiro atoms. The first-order chi connectivity index (χ1) is 27.9. The second-order valence-corrected chi connectivity index (χ2v) is 12.5. The highest BCUT2D eigenvalue weighted by Crippen LogP contribution is 2.32. The molecule has 0 saturated heterocycles. The second-order valence-electron chi connectivity index (χ2n) is 12.5. The van der Waals surface area contributed by atoms with E-state index in [1.165, 1.54) is 0 Å². The van der Waals surface area contributed by atoms with E-state index < -0.39 is 0 Å². The van der Waals surface area contributed by atoms with Crippen molar-refractivity contribution >= 4 is 24.3 Å². The summed E-state index contributed by atoms with van der Waals surface area (Å²) < 4.78 is 53.5. The van der Waals surface area contributed by atoms with E-state index >= 15 is 0 Å². The summed E-state index contributed by atoms with van der Waals surface area (Å²) in [6, 6.07) is 34.5. The summed E-state index contributed by atoms with van der Waals surface area (Å²) in [7, 11) is 13.1. The van der Waals surface area contributed by atoms with Crippen LogP contribution in [0, 0.1) is 0 Å². The fourth-order valence-corrected chi connectivity index (χ4v) is 6.67. The van der Waals surface area contributed by atoms with Gasteiger partial charge in [-0.25, -0.2) is 0 Å². The molecule has 0 bridgehead atoms. The summed E-state index contributed by atoms with van der Waals surface area (Å²) in [5, 5.41) is 3.13. The number of hydrogen-bond donors (Lipinski definition) is 0. The van der Waals surface area contributed by atoms with Gasteiger partial charge in [0, 0.05) is 10.4 Å². The molecule has 0 radical (unpaired) electrons. The Morgan fingerprint density at radius 1 is 0.263 bits per heavy atom. The molecule has 9 nitrogen and oxygen atoms in total. The van der Waals surface area contributed by atoms with Crippen molar-refractivity contribution in [3.63, 3.8) is 0 Å². The summed E-state index contributed by atoms with van der Waals surface area (Å²) >= 11 is 0. The third-order valence-electron chi connectivity index (χ3n) is 9.46. The molecule has 6 aromatic rings. The molecule has 0 N–H and O–H groups in total. The summed E-state index contributed by atoms with van der Waals surface area (Å²) in [6.45, 7) is 0. The zero-order chi connectivity index (χ0) is 40.3. The molecule has 0 fully saturated rings. The standard InChI is InChI=1S/C48H46O9/c1-49-39-17-11-18-40(50-2)35(39)27-31-15-9-25-47(33(31)29-37-43(53-5)21-13-22-44(37)54-6)57-48-26-10-16-32(28-36-41(51-3)19-12-20-42(36)52-4)34(48)30-38-45(55-7)23-14-24-46(38)56-8/h9-30H,1-8H3. The monoisotopic (exact) mass is 766 g/mol. The normalized spacial score (nSPS) is 12.3. The average Bonchev–Trinajstić information content (AvgIpc) is 3.25. The van der Waals surface area contributed by atoms with Gasteiger partial charge in [0.25, 0.3) is 0 Å². The average molecular weight is 767 g/mol. The smallest absolute Gasteiger partial charge is 0.135 e. The van der Waals surface area contributed by atoms with Crippen LogP contribution in [0.1, 0.15) is 22.3 Å². The van der Waals surface area contributed by atoms with Crippen molar-refractivity contribution in [3.05, 3.63) is 152 Å². The van der Waals surface area contributed by atoms with Gasteiger partial charge >= 0.3 is 0 Å². The minimum absolute atomic E-state index is 0.555. The Labute approximate surface area is 332 Å². The maximum Gasteiger partial charge on any atom is 0.135 e. The third kappa shape index (κ3) is 8.48. The predicted molar refractivity (Wildman–Crippen MR) is 224 cm³/mol. The largest absolute Gasteiger partial charge is 0.496 e. The zero-order valence-corrected chi connectivity index (χ0v) is 33.4.